The number of carbonyl (C=O) groups excluding carboxylic acids is 4. The Labute approximate surface area is 159 Å². The lowest BCUT2D eigenvalue weighted by Crippen LogP contribution is -2.61. The molecule has 0 aromatic heterocycles. The highest BCUT2D eigenvalue weighted by atomic mass is 16.5. The van der Waals surface area contributed by atoms with Crippen LogP contribution in [0.15, 0.2) is 11.6 Å². The van der Waals surface area contributed by atoms with E-state index in [0.29, 0.717) is 25.9 Å². The van der Waals surface area contributed by atoms with Crippen LogP contribution < -0.4 is 0 Å². The summed E-state index contributed by atoms with van der Waals surface area (Å²) >= 11 is 0. The lowest BCUT2D eigenvalue weighted by atomic mass is 9.46. The molecule has 3 rings (SSSR count). The molecule has 6 heteroatoms. The minimum absolute atomic E-state index is 0.0815. The highest BCUT2D eigenvalue weighted by Crippen LogP contribution is 2.59. The van der Waals surface area contributed by atoms with Gasteiger partial charge in [0.1, 0.15) is 30.2 Å². The Balaban J connectivity index is 1.91. The lowest BCUT2D eigenvalue weighted by Gasteiger charge is -2.56. The van der Waals surface area contributed by atoms with Gasteiger partial charge >= 0.3 is 11.9 Å². The number of cyclic esters (lactones) is 1. The van der Waals surface area contributed by atoms with Crippen molar-refractivity contribution in [1.29, 1.82) is 0 Å². The molecular formula is C21H28O6. The SMILES string of the molecule is CC(=O)OC[C@]12C(=O)CCC[C@@H]1[C@@](C)(CCC1=CC(=O)OC1)[C@H](C)CC2=O. The van der Waals surface area contributed by atoms with E-state index >= 15 is 0 Å². The third-order valence-corrected chi connectivity index (χ3v) is 7.11. The molecule has 0 aromatic rings. The van der Waals surface area contributed by atoms with Crippen molar-refractivity contribution in [3.05, 3.63) is 11.6 Å². The van der Waals surface area contributed by atoms with Crippen LogP contribution in [0.5, 0.6) is 0 Å². The molecule has 6 nitrogen and oxygen atoms in total. The number of ether oxygens (including phenoxy) is 2. The first-order chi connectivity index (χ1) is 12.7. The van der Waals surface area contributed by atoms with E-state index in [2.05, 4.69) is 13.8 Å². The van der Waals surface area contributed by atoms with Crippen molar-refractivity contribution in [3.63, 3.8) is 0 Å². The summed E-state index contributed by atoms with van der Waals surface area (Å²) < 4.78 is 10.2. The van der Waals surface area contributed by atoms with Crippen molar-refractivity contribution in [1.82, 2.24) is 0 Å². The topological polar surface area (TPSA) is 86.7 Å². The number of esters is 2. The Kier molecular flexibility index (Phi) is 5.28. The average molecular weight is 376 g/mol. The molecule has 0 amide bonds. The zero-order valence-electron chi connectivity index (χ0n) is 16.3. The van der Waals surface area contributed by atoms with Gasteiger partial charge in [-0.15, -0.1) is 0 Å². The minimum atomic E-state index is -1.21. The van der Waals surface area contributed by atoms with Crippen LogP contribution in [0, 0.1) is 22.7 Å². The second-order valence-electron chi connectivity index (χ2n) is 8.56. The maximum Gasteiger partial charge on any atom is 0.331 e. The van der Waals surface area contributed by atoms with E-state index in [-0.39, 0.29) is 41.4 Å². The van der Waals surface area contributed by atoms with Crippen molar-refractivity contribution >= 4 is 23.5 Å². The van der Waals surface area contributed by atoms with Gasteiger partial charge in [0, 0.05) is 25.8 Å². The summed E-state index contributed by atoms with van der Waals surface area (Å²) in [5, 5.41) is 0. The first kappa shape index (κ1) is 19.8. The molecule has 148 valence electrons. The van der Waals surface area contributed by atoms with Gasteiger partial charge in [0.15, 0.2) is 0 Å². The van der Waals surface area contributed by atoms with Crippen molar-refractivity contribution in [2.45, 2.75) is 59.3 Å². The Hall–Kier alpha value is -1.98. The molecular weight excluding hydrogens is 348 g/mol. The van der Waals surface area contributed by atoms with E-state index in [4.69, 9.17) is 9.47 Å². The van der Waals surface area contributed by atoms with E-state index in [1.807, 2.05) is 0 Å². The van der Waals surface area contributed by atoms with Crippen LogP contribution in [0.2, 0.25) is 0 Å². The molecule has 1 heterocycles. The fraction of sp³-hybridized carbons (Fsp3) is 0.714. The van der Waals surface area contributed by atoms with Gasteiger partial charge in [-0.3, -0.25) is 14.4 Å². The molecule has 4 atom stereocenters. The maximum absolute atomic E-state index is 13.1. The van der Waals surface area contributed by atoms with Crippen LogP contribution in [-0.4, -0.2) is 36.7 Å². The molecule has 0 unspecified atom stereocenters. The van der Waals surface area contributed by atoms with Gasteiger partial charge in [-0.1, -0.05) is 13.8 Å². The van der Waals surface area contributed by atoms with Gasteiger partial charge < -0.3 is 9.47 Å². The highest BCUT2D eigenvalue weighted by molar-refractivity contribution is 6.09. The standard InChI is InChI=1S/C21H28O6/c1-13-9-18(24)21(12-27-14(2)22)16(5-4-6-17(21)23)20(13,3)8-7-15-10-19(25)26-11-15/h10,13,16H,4-9,11-12H2,1-3H3/t13-,16-,20+,21-/m1/s1. The third-order valence-electron chi connectivity index (χ3n) is 7.11. The Bertz CT molecular complexity index is 707. The molecule has 2 fully saturated rings. The first-order valence-electron chi connectivity index (χ1n) is 9.76. The van der Waals surface area contributed by atoms with Crippen molar-refractivity contribution in [2.24, 2.45) is 22.7 Å². The zero-order chi connectivity index (χ0) is 19.8. The van der Waals surface area contributed by atoms with E-state index in [1.54, 1.807) is 6.08 Å². The van der Waals surface area contributed by atoms with E-state index in [9.17, 15) is 19.2 Å². The van der Waals surface area contributed by atoms with E-state index < -0.39 is 11.4 Å². The van der Waals surface area contributed by atoms with Gasteiger partial charge in [-0.25, -0.2) is 4.79 Å². The number of hydrogen-bond acceptors (Lipinski definition) is 6. The summed E-state index contributed by atoms with van der Waals surface area (Å²) in [6.45, 7) is 5.70. The first-order valence-corrected chi connectivity index (χ1v) is 9.76. The number of hydrogen-bond donors (Lipinski definition) is 0. The molecule has 1 aliphatic heterocycles. The van der Waals surface area contributed by atoms with Gasteiger partial charge in [-0.2, -0.15) is 0 Å². The molecule has 0 saturated heterocycles. The second-order valence-corrected chi connectivity index (χ2v) is 8.56. The minimum Gasteiger partial charge on any atom is -0.464 e. The van der Waals surface area contributed by atoms with Gasteiger partial charge in [0.25, 0.3) is 0 Å². The fourth-order valence-corrected chi connectivity index (χ4v) is 5.30. The van der Waals surface area contributed by atoms with Crippen LogP contribution in [0.3, 0.4) is 0 Å². The lowest BCUT2D eigenvalue weighted by molar-refractivity contribution is -0.175. The van der Waals surface area contributed by atoms with E-state index in [0.717, 1.165) is 24.8 Å². The fourth-order valence-electron chi connectivity index (χ4n) is 5.30. The van der Waals surface area contributed by atoms with Gasteiger partial charge in [-0.05, 0) is 48.5 Å². The molecule has 2 aliphatic carbocycles. The Morgan fingerprint density at radius 2 is 2.04 bits per heavy atom. The van der Waals surface area contributed by atoms with Crippen LogP contribution >= 0.6 is 0 Å². The zero-order valence-corrected chi connectivity index (χ0v) is 16.3. The molecule has 2 saturated carbocycles. The molecule has 0 spiro atoms. The monoisotopic (exact) mass is 376 g/mol. The summed E-state index contributed by atoms with van der Waals surface area (Å²) in [5.74, 6) is -0.977. The Morgan fingerprint density at radius 1 is 1.30 bits per heavy atom. The number of ketones is 2. The summed E-state index contributed by atoms with van der Waals surface area (Å²) in [5.41, 5.74) is -0.504. The molecule has 3 aliphatic rings. The summed E-state index contributed by atoms with van der Waals surface area (Å²) in [4.78, 5) is 48.8. The Morgan fingerprint density at radius 3 is 2.67 bits per heavy atom. The van der Waals surface area contributed by atoms with Crippen molar-refractivity contribution in [2.75, 3.05) is 13.2 Å². The molecule has 0 aromatic carbocycles. The van der Waals surface area contributed by atoms with Crippen molar-refractivity contribution < 1.29 is 28.7 Å². The predicted molar refractivity (Wildman–Crippen MR) is 96.6 cm³/mol. The maximum atomic E-state index is 13.1. The van der Waals surface area contributed by atoms with Crippen LogP contribution in [-0.2, 0) is 28.7 Å². The smallest absolute Gasteiger partial charge is 0.331 e. The summed E-state index contributed by atoms with van der Waals surface area (Å²) in [7, 11) is 0. The van der Waals surface area contributed by atoms with Gasteiger partial charge in [0.2, 0.25) is 0 Å². The van der Waals surface area contributed by atoms with Crippen LogP contribution in [0.1, 0.15) is 59.3 Å². The van der Waals surface area contributed by atoms with E-state index in [1.165, 1.54) is 6.92 Å². The highest BCUT2D eigenvalue weighted by Gasteiger charge is 2.63. The number of rotatable bonds is 5. The molecule has 0 radical (unpaired) electrons. The summed E-state index contributed by atoms with van der Waals surface area (Å²) in [6, 6.07) is 0. The normalized spacial score (nSPS) is 36.1. The van der Waals surface area contributed by atoms with Crippen molar-refractivity contribution in [3.8, 4) is 0 Å². The number of Topliss-reactive ketones (excluding diaryl/α,β-unsaturated/α-hetero) is 2. The van der Waals surface area contributed by atoms with Gasteiger partial charge in [0.05, 0.1) is 0 Å². The number of carbonyl (C=O) groups is 4. The van der Waals surface area contributed by atoms with Crippen LogP contribution in [0.4, 0.5) is 0 Å². The largest absolute Gasteiger partial charge is 0.464 e. The molecule has 0 N–H and O–H groups in total. The molecule has 0 bridgehead atoms. The predicted octanol–water partition coefficient (Wildman–Crippen LogP) is 2.78. The number of fused-ring (bicyclic) bond motifs is 1. The van der Waals surface area contributed by atoms with Crippen LogP contribution in [0.25, 0.3) is 0 Å². The quantitative estimate of drug-likeness (QED) is 0.542. The third kappa shape index (κ3) is 3.34. The summed E-state index contributed by atoms with van der Waals surface area (Å²) in [6.07, 6.45) is 5.22. The average Bonchev–Trinajstić information content (AvgIpc) is 3.02. The molecule has 27 heavy (non-hydrogen) atoms. The second kappa shape index (κ2) is 7.21.